The minimum atomic E-state index is -2.75. The maximum atomic E-state index is 6.10. The molecule has 0 bridgehead atoms. The van der Waals surface area contributed by atoms with Crippen LogP contribution < -0.4 is 9.05 Å². The molecule has 57 heavy (non-hydrogen) atoms. The van der Waals surface area contributed by atoms with Gasteiger partial charge in [-0.2, -0.15) is 24.3 Å². The summed E-state index contributed by atoms with van der Waals surface area (Å²) in [6.07, 6.45) is 8.61. The molecule has 0 unspecified atom stereocenters. The third-order valence-corrected chi connectivity index (χ3v) is 13.4. The number of benzene rings is 5. The molecule has 8 heteroatoms. The second-order valence-electron chi connectivity index (χ2n) is 14.9. The first-order valence-corrected chi connectivity index (χ1v) is 23.1. The number of nitrogens with zero attached hydrogens (tertiary/aromatic N) is 2. The summed E-state index contributed by atoms with van der Waals surface area (Å²) in [5.41, 5.74) is 16.0. The van der Waals surface area contributed by atoms with Crippen molar-refractivity contribution in [1.29, 1.82) is 0 Å². The number of fused-ring (bicyclic) bond motifs is 10. The molecule has 1 aliphatic heterocycles. The molecule has 4 nitrogen and oxygen atoms in total. The second kappa shape index (κ2) is 15.9. The Hall–Kier alpha value is -4.22. The van der Waals surface area contributed by atoms with Crippen LogP contribution in [-0.2, 0) is 75.7 Å². The van der Waals surface area contributed by atoms with Crippen molar-refractivity contribution in [3.63, 3.8) is 0 Å². The Balaban J connectivity index is 0.000000149. The van der Waals surface area contributed by atoms with Crippen LogP contribution in [-0.4, -0.2) is 9.97 Å². The van der Waals surface area contributed by atoms with Gasteiger partial charge in [-0.15, -0.1) is 47.0 Å². The predicted molar refractivity (Wildman–Crippen MR) is 231 cm³/mol. The number of aromatic nitrogens is 2. The molecule has 285 valence electrons. The molecule has 11 rings (SSSR count). The van der Waals surface area contributed by atoms with Gasteiger partial charge in [0.05, 0.1) is 11.1 Å². The monoisotopic (exact) mass is 974 g/mol. The molecule has 0 spiro atoms. The van der Waals surface area contributed by atoms with E-state index < -0.39 is 11.5 Å². The van der Waals surface area contributed by atoms with E-state index in [1.807, 2.05) is 60.8 Å². The van der Waals surface area contributed by atoms with Crippen molar-refractivity contribution >= 4 is 30.6 Å². The molecule has 1 atom stereocenters. The van der Waals surface area contributed by atoms with E-state index in [1.54, 1.807) is 0 Å². The van der Waals surface area contributed by atoms with E-state index in [0.29, 0.717) is 0 Å². The van der Waals surface area contributed by atoms with E-state index in [2.05, 4.69) is 84.9 Å². The van der Waals surface area contributed by atoms with Crippen LogP contribution in [0.25, 0.3) is 33.5 Å². The molecule has 0 amide bonds. The molecule has 7 aromatic rings. The fraction of sp³-hybridized carbons (Fsp3) is 0.184. The SMILES string of the molecule is [Ir].[S-][P+]1([S-])Oc2ccc3c(c2-c2c(ccc4c2CCCC4)O1)CCCC3.[c-]1ccccc1-c1cccc([C@]2(c3ccccn3)c3[c-]cccc3-c3ccccc32)n1. The summed E-state index contributed by atoms with van der Waals surface area (Å²) in [5.74, 6) is 1.69. The van der Waals surface area contributed by atoms with Crippen molar-refractivity contribution in [2.45, 2.75) is 56.8 Å². The van der Waals surface area contributed by atoms with E-state index in [0.717, 1.165) is 65.4 Å². The summed E-state index contributed by atoms with van der Waals surface area (Å²) in [6.45, 7) is 0. The van der Waals surface area contributed by atoms with Gasteiger partial charge in [0.1, 0.15) is 6.12 Å². The van der Waals surface area contributed by atoms with Gasteiger partial charge >= 0.3 is 0 Å². The fourth-order valence-electron chi connectivity index (χ4n) is 9.32. The minimum Gasteiger partial charge on any atom is -0.496 e. The van der Waals surface area contributed by atoms with Crippen molar-refractivity contribution in [2.24, 2.45) is 0 Å². The van der Waals surface area contributed by atoms with Gasteiger partial charge in [0, 0.05) is 43.1 Å². The average molecular weight is 974 g/mol. The van der Waals surface area contributed by atoms with Crippen LogP contribution in [0.5, 0.6) is 11.5 Å². The molecule has 0 fully saturated rings. The van der Waals surface area contributed by atoms with Crippen LogP contribution >= 0.6 is 6.12 Å². The summed E-state index contributed by atoms with van der Waals surface area (Å²) in [5, 5.41) is 0. The number of hydrogen-bond donors (Lipinski definition) is 0. The Bertz CT molecular complexity index is 2490. The van der Waals surface area contributed by atoms with Crippen LogP contribution in [0.4, 0.5) is 0 Å². The third kappa shape index (κ3) is 6.76. The van der Waals surface area contributed by atoms with Crippen molar-refractivity contribution in [1.82, 2.24) is 9.97 Å². The molecule has 0 saturated carbocycles. The quantitative estimate of drug-likeness (QED) is 0.0999. The van der Waals surface area contributed by atoms with Crippen LogP contribution in [0.2, 0.25) is 0 Å². The number of pyridine rings is 2. The summed E-state index contributed by atoms with van der Waals surface area (Å²) >= 11 is 11.1. The van der Waals surface area contributed by atoms with Crippen LogP contribution in [0, 0.1) is 12.1 Å². The van der Waals surface area contributed by atoms with E-state index in [-0.39, 0.29) is 20.1 Å². The van der Waals surface area contributed by atoms with Gasteiger partial charge in [-0.05, 0) is 115 Å². The Morgan fingerprint density at radius 2 is 1.21 bits per heavy atom. The van der Waals surface area contributed by atoms with Crippen molar-refractivity contribution in [3.8, 4) is 45.0 Å². The van der Waals surface area contributed by atoms with Gasteiger partial charge in [0.25, 0.3) is 0 Å². The Morgan fingerprint density at radius 1 is 0.579 bits per heavy atom. The van der Waals surface area contributed by atoms with E-state index in [1.165, 1.54) is 75.8 Å². The first kappa shape index (κ1) is 38.3. The maximum Gasteiger partial charge on any atom is 0.181 e. The first-order valence-electron chi connectivity index (χ1n) is 19.5. The van der Waals surface area contributed by atoms with Gasteiger partial charge in [-0.1, -0.05) is 60.2 Å². The predicted octanol–water partition coefficient (Wildman–Crippen LogP) is 11.8. The van der Waals surface area contributed by atoms with Gasteiger partial charge in [-0.3, -0.25) is 9.97 Å². The summed E-state index contributed by atoms with van der Waals surface area (Å²) < 4.78 is 12.2. The van der Waals surface area contributed by atoms with Gasteiger partial charge in [0.15, 0.2) is 11.5 Å². The number of aryl methyl sites for hydroxylation is 2. The smallest absolute Gasteiger partial charge is 0.181 e. The average Bonchev–Trinajstić information content (AvgIpc) is 3.48. The maximum absolute atomic E-state index is 6.10. The minimum absolute atomic E-state index is 0. The summed E-state index contributed by atoms with van der Waals surface area (Å²) in [4.78, 5) is 10.0. The van der Waals surface area contributed by atoms with Gasteiger partial charge < -0.3 is 33.5 Å². The number of rotatable bonds is 3. The largest absolute Gasteiger partial charge is 0.496 e. The molecule has 0 saturated heterocycles. The van der Waals surface area contributed by atoms with Crippen molar-refractivity contribution in [2.75, 3.05) is 0 Å². The Morgan fingerprint density at radius 3 is 1.89 bits per heavy atom. The second-order valence-corrected chi connectivity index (χ2v) is 19.7. The molecule has 2 aromatic heterocycles. The molecule has 3 heterocycles. The molecule has 4 aliphatic rings. The zero-order valence-electron chi connectivity index (χ0n) is 31.2. The number of hydrogen-bond acceptors (Lipinski definition) is 6. The van der Waals surface area contributed by atoms with Crippen molar-refractivity contribution in [3.05, 3.63) is 190 Å². The molecule has 3 aliphatic carbocycles. The van der Waals surface area contributed by atoms with Gasteiger partial charge in [0.2, 0.25) is 0 Å². The van der Waals surface area contributed by atoms with Crippen LogP contribution in [0.15, 0.2) is 134 Å². The molecule has 1 radical (unpaired) electrons. The topological polar surface area (TPSA) is 44.2 Å². The molecule has 0 N–H and O–H groups in total. The summed E-state index contributed by atoms with van der Waals surface area (Å²) in [7, 11) is 0. The summed E-state index contributed by atoms with van der Waals surface area (Å²) in [6, 6.07) is 50.5. The van der Waals surface area contributed by atoms with Crippen LogP contribution in [0.1, 0.15) is 70.5 Å². The zero-order chi connectivity index (χ0) is 37.7. The molecular formula is C49H38IrN2O2PS2-3. The third-order valence-electron chi connectivity index (χ3n) is 11.7. The van der Waals surface area contributed by atoms with Gasteiger partial charge in [-0.25, -0.2) is 0 Å². The van der Waals surface area contributed by atoms with E-state index in [9.17, 15) is 0 Å². The Labute approximate surface area is 359 Å². The Kier molecular flexibility index (Phi) is 10.7. The van der Waals surface area contributed by atoms with Crippen LogP contribution in [0.3, 0.4) is 0 Å². The zero-order valence-corrected chi connectivity index (χ0v) is 36.1. The normalized spacial score (nSPS) is 17.8. The first-order chi connectivity index (χ1) is 27.5. The molecule has 5 aromatic carbocycles. The molecular weight excluding hydrogens is 936 g/mol. The van der Waals surface area contributed by atoms with Crippen molar-refractivity contribution < 1.29 is 29.2 Å². The fourth-order valence-corrected chi connectivity index (χ4v) is 11.1. The standard InChI is InChI=1S/C29H18N2.C20H21O2PS2.Ir/c1-2-11-21(12-3-1)26-17-10-19-28(31-26)29(27-18-8-9-20-30-27)24-15-6-4-13-22(24)23-14-5-7-16-25(23)29;24-23(25)21-17-11-9-13-5-1-3-7-15(13)19(17)20-16-8-4-2-6-14(16)10-12-18(20)22-23;/h1-11,13-15,17-20H;9-12H,1-8H2,(H,24,25);/q-2;;/p-1/t29-;;/m0../s1. The van der Waals surface area contributed by atoms with E-state index >= 15 is 0 Å². The van der Waals surface area contributed by atoms with E-state index in [4.69, 9.17) is 43.5 Å².